The molecule has 1 aromatic carbocycles. The molecule has 0 aliphatic heterocycles. The van der Waals surface area contributed by atoms with Gasteiger partial charge < -0.3 is 10.6 Å². The van der Waals surface area contributed by atoms with Crippen molar-refractivity contribution in [2.75, 3.05) is 5.32 Å². The maximum Gasteiger partial charge on any atom is 0.254 e. The van der Waals surface area contributed by atoms with Crippen molar-refractivity contribution in [1.82, 2.24) is 15.3 Å². The number of aromatic nitrogens is 2. The SMILES string of the molecule is CC(C)NC(=O)c1cnc(NC(C)c2ccccc2)nc1. The zero-order chi connectivity index (χ0) is 15.2. The molecule has 2 rings (SSSR count). The fourth-order valence-electron chi connectivity index (χ4n) is 1.88. The van der Waals surface area contributed by atoms with Crippen LogP contribution in [0, 0.1) is 0 Å². The Hall–Kier alpha value is -2.43. The van der Waals surface area contributed by atoms with Crippen LogP contribution in [0.25, 0.3) is 0 Å². The van der Waals surface area contributed by atoms with Crippen LogP contribution in [0.3, 0.4) is 0 Å². The molecule has 1 heterocycles. The predicted octanol–water partition coefficient (Wildman–Crippen LogP) is 2.79. The lowest BCUT2D eigenvalue weighted by Gasteiger charge is -2.14. The third-order valence-corrected chi connectivity index (χ3v) is 2.98. The van der Waals surface area contributed by atoms with Crippen molar-refractivity contribution >= 4 is 11.9 Å². The first kappa shape index (κ1) is 15.0. The summed E-state index contributed by atoms with van der Waals surface area (Å²) in [6.45, 7) is 5.87. The van der Waals surface area contributed by atoms with Crippen molar-refractivity contribution in [3.8, 4) is 0 Å². The number of nitrogens with one attached hydrogen (secondary N) is 2. The van der Waals surface area contributed by atoms with Gasteiger partial charge in [0.1, 0.15) is 0 Å². The van der Waals surface area contributed by atoms with Gasteiger partial charge >= 0.3 is 0 Å². The molecule has 0 spiro atoms. The van der Waals surface area contributed by atoms with E-state index in [1.54, 1.807) is 0 Å². The number of carbonyl (C=O) groups is 1. The Kier molecular flexibility index (Phi) is 4.87. The summed E-state index contributed by atoms with van der Waals surface area (Å²) in [5.41, 5.74) is 1.62. The zero-order valence-electron chi connectivity index (χ0n) is 12.5. The van der Waals surface area contributed by atoms with Crippen LogP contribution in [0.15, 0.2) is 42.7 Å². The van der Waals surface area contributed by atoms with Gasteiger partial charge in [-0.3, -0.25) is 4.79 Å². The van der Waals surface area contributed by atoms with Gasteiger partial charge in [-0.1, -0.05) is 30.3 Å². The molecule has 0 aliphatic rings. The quantitative estimate of drug-likeness (QED) is 0.886. The van der Waals surface area contributed by atoms with E-state index in [0.29, 0.717) is 11.5 Å². The molecule has 1 atom stereocenters. The Labute approximate surface area is 124 Å². The second-order valence-corrected chi connectivity index (χ2v) is 5.20. The van der Waals surface area contributed by atoms with Crippen LogP contribution in [-0.4, -0.2) is 21.9 Å². The number of rotatable bonds is 5. The average Bonchev–Trinajstić information content (AvgIpc) is 2.48. The molecule has 110 valence electrons. The van der Waals surface area contributed by atoms with Crippen LogP contribution in [0.5, 0.6) is 0 Å². The smallest absolute Gasteiger partial charge is 0.254 e. The molecule has 0 saturated carbocycles. The highest BCUT2D eigenvalue weighted by Crippen LogP contribution is 2.15. The normalized spacial score (nSPS) is 12.0. The van der Waals surface area contributed by atoms with Gasteiger partial charge in [0, 0.05) is 18.4 Å². The Balaban J connectivity index is 2.01. The number of hydrogen-bond acceptors (Lipinski definition) is 4. The third-order valence-electron chi connectivity index (χ3n) is 2.98. The Bertz CT molecular complexity index is 581. The van der Waals surface area contributed by atoms with Crippen molar-refractivity contribution in [2.45, 2.75) is 32.9 Å². The summed E-state index contributed by atoms with van der Waals surface area (Å²) in [5, 5.41) is 6.02. The molecule has 0 bridgehead atoms. The van der Waals surface area contributed by atoms with Gasteiger partial charge in [0.05, 0.1) is 11.6 Å². The molecule has 21 heavy (non-hydrogen) atoms. The van der Waals surface area contributed by atoms with E-state index in [1.165, 1.54) is 12.4 Å². The second kappa shape index (κ2) is 6.83. The maximum atomic E-state index is 11.8. The highest BCUT2D eigenvalue weighted by molar-refractivity contribution is 5.93. The van der Waals surface area contributed by atoms with Gasteiger partial charge in [-0.2, -0.15) is 0 Å². The second-order valence-electron chi connectivity index (χ2n) is 5.20. The van der Waals surface area contributed by atoms with Crippen LogP contribution in [0.1, 0.15) is 42.7 Å². The summed E-state index contributed by atoms with van der Waals surface area (Å²) in [5.74, 6) is 0.347. The van der Waals surface area contributed by atoms with E-state index in [4.69, 9.17) is 0 Å². The molecule has 1 aromatic heterocycles. The van der Waals surface area contributed by atoms with Crippen LogP contribution in [0.2, 0.25) is 0 Å². The van der Waals surface area contributed by atoms with Crippen molar-refractivity contribution in [3.63, 3.8) is 0 Å². The van der Waals surface area contributed by atoms with Gasteiger partial charge in [-0.15, -0.1) is 0 Å². The summed E-state index contributed by atoms with van der Waals surface area (Å²) in [7, 11) is 0. The molecule has 2 aromatic rings. The summed E-state index contributed by atoms with van der Waals surface area (Å²) in [6.07, 6.45) is 3.06. The van der Waals surface area contributed by atoms with Crippen molar-refractivity contribution in [2.24, 2.45) is 0 Å². The van der Waals surface area contributed by atoms with E-state index >= 15 is 0 Å². The Morgan fingerprint density at radius 2 is 1.67 bits per heavy atom. The van der Waals surface area contributed by atoms with Crippen LogP contribution >= 0.6 is 0 Å². The summed E-state index contributed by atoms with van der Waals surface area (Å²) < 4.78 is 0. The van der Waals surface area contributed by atoms with E-state index < -0.39 is 0 Å². The first-order valence-electron chi connectivity index (χ1n) is 7.00. The fourth-order valence-corrected chi connectivity index (χ4v) is 1.88. The van der Waals surface area contributed by atoms with E-state index in [9.17, 15) is 4.79 Å². The molecule has 0 fully saturated rings. The molecular weight excluding hydrogens is 264 g/mol. The van der Waals surface area contributed by atoms with Gasteiger partial charge in [-0.05, 0) is 26.3 Å². The lowest BCUT2D eigenvalue weighted by atomic mass is 10.1. The molecule has 5 heteroatoms. The first-order valence-corrected chi connectivity index (χ1v) is 7.00. The van der Waals surface area contributed by atoms with Crippen molar-refractivity contribution in [3.05, 3.63) is 53.9 Å². The van der Waals surface area contributed by atoms with Gasteiger partial charge in [0.25, 0.3) is 5.91 Å². The minimum Gasteiger partial charge on any atom is -0.350 e. The lowest BCUT2D eigenvalue weighted by molar-refractivity contribution is 0.0942. The number of anilines is 1. The lowest BCUT2D eigenvalue weighted by Crippen LogP contribution is -2.30. The summed E-state index contributed by atoms with van der Waals surface area (Å²) in [4.78, 5) is 20.2. The molecule has 1 amide bonds. The summed E-state index contributed by atoms with van der Waals surface area (Å²) in [6, 6.07) is 10.2. The molecule has 5 nitrogen and oxygen atoms in total. The predicted molar refractivity (Wildman–Crippen MR) is 83.1 cm³/mol. The third kappa shape index (κ3) is 4.27. The number of carbonyl (C=O) groups excluding carboxylic acids is 1. The van der Waals surface area contributed by atoms with E-state index in [2.05, 4.69) is 20.6 Å². The molecule has 0 aliphatic carbocycles. The molecule has 0 saturated heterocycles. The number of benzene rings is 1. The monoisotopic (exact) mass is 284 g/mol. The molecular formula is C16H20N4O. The molecule has 1 unspecified atom stereocenters. The zero-order valence-corrected chi connectivity index (χ0v) is 12.5. The maximum absolute atomic E-state index is 11.8. The average molecular weight is 284 g/mol. The highest BCUT2D eigenvalue weighted by atomic mass is 16.1. The fraction of sp³-hybridized carbons (Fsp3) is 0.312. The Morgan fingerprint density at radius 1 is 1.05 bits per heavy atom. The van der Waals surface area contributed by atoms with Crippen molar-refractivity contribution < 1.29 is 4.79 Å². The number of nitrogens with zero attached hydrogens (tertiary/aromatic N) is 2. The highest BCUT2D eigenvalue weighted by Gasteiger charge is 2.10. The molecule has 0 radical (unpaired) electrons. The van der Waals surface area contributed by atoms with Crippen LogP contribution in [0.4, 0.5) is 5.95 Å². The van der Waals surface area contributed by atoms with Crippen LogP contribution < -0.4 is 10.6 Å². The van der Waals surface area contributed by atoms with E-state index in [0.717, 1.165) is 5.56 Å². The van der Waals surface area contributed by atoms with E-state index in [-0.39, 0.29) is 18.0 Å². The minimum absolute atomic E-state index is 0.0911. The first-order chi connectivity index (χ1) is 10.1. The van der Waals surface area contributed by atoms with Gasteiger partial charge in [-0.25, -0.2) is 9.97 Å². The van der Waals surface area contributed by atoms with Gasteiger partial charge in [0.15, 0.2) is 0 Å². The largest absolute Gasteiger partial charge is 0.350 e. The minimum atomic E-state index is -0.160. The summed E-state index contributed by atoms with van der Waals surface area (Å²) >= 11 is 0. The van der Waals surface area contributed by atoms with Gasteiger partial charge in [0.2, 0.25) is 5.95 Å². The number of amides is 1. The Morgan fingerprint density at radius 3 is 2.24 bits per heavy atom. The topological polar surface area (TPSA) is 66.9 Å². The number of hydrogen-bond donors (Lipinski definition) is 2. The molecule has 2 N–H and O–H groups in total. The standard InChI is InChI=1S/C16H20N4O/c1-11(2)19-15(21)14-9-17-16(18-10-14)20-12(3)13-7-5-4-6-8-13/h4-12H,1-3H3,(H,19,21)(H,17,18,20). The van der Waals surface area contributed by atoms with E-state index in [1.807, 2.05) is 51.1 Å². The van der Waals surface area contributed by atoms with Crippen LogP contribution in [-0.2, 0) is 0 Å². The van der Waals surface area contributed by atoms with Crippen molar-refractivity contribution in [1.29, 1.82) is 0 Å².